The van der Waals surface area contributed by atoms with Crippen LogP contribution < -0.4 is 18.9 Å². The molecular formula is C43H52O22. The maximum absolute atomic E-state index is 12.6. The van der Waals surface area contributed by atoms with Crippen LogP contribution in [-0.2, 0) is 47.7 Å². The average molecular weight is 921 g/mol. The zero-order chi connectivity index (χ0) is 47.8. The van der Waals surface area contributed by atoms with Crippen molar-refractivity contribution in [3.05, 3.63) is 59.7 Å². The van der Waals surface area contributed by atoms with Crippen molar-refractivity contribution in [2.24, 2.45) is 0 Å². The number of hydrogen-bond acceptors (Lipinski definition) is 22. The molecule has 2 aromatic carbocycles. The highest BCUT2D eigenvalue weighted by Crippen LogP contribution is 2.31. The number of allylic oxidation sites excluding steroid dienone is 2. The summed E-state index contributed by atoms with van der Waals surface area (Å²) in [6.07, 6.45) is -12.2. The third kappa shape index (κ3) is 15.8. The molecule has 0 radical (unpaired) electrons. The van der Waals surface area contributed by atoms with E-state index in [1.165, 1.54) is 74.9 Å². The molecule has 2 aromatic rings. The lowest BCUT2D eigenvalue weighted by Gasteiger charge is -2.37. The van der Waals surface area contributed by atoms with E-state index in [-0.39, 0.29) is 61.5 Å². The Morgan fingerprint density at radius 2 is 0.877 bits per heavy atom. The van der Waals surface area contributed by atoms with Crippen molar-refractivity contribution in [2.75, 3.05) is 27.4 Å². The van der Waals surface area contributed by atoms with E-state index in [4.69, 9.17) is 37.9 Å². The van der Waals surface area contributed by atoms with Gasteiger partial charge in [0.25, 0.3) is 0 Å². The molecule has 2 heterocycles. The number of aliphatic hydroxyl groups excluding tert-OH is 8. The van der Waals surface area contributed by atoms with Gasteiger partial charge in [-0.3, -0.25) is 28.8 Å². The number of benzene rings is 2. The van der Waals surface area contributed by atoms with Crippen molar-refractivity contribution in [3.8, 4) is 23.0 Å². The fraction of sp³-hybridized carbons (Fsp3) is 0.488. The molecule has 0 unspecified atom stereocenters. The van der Waals surface area contributed by atoms with Gasteiger partial charge in [-0.05, 0) is 60.4 Å². The predicted octanol–water partition coefficient (Wildman–Crippen LogP) is -1.20. The smallest absolute Gasteiger partial charge is 0.311 e. The number of rotatable bonds is 22. The molecule has 22 nitrogen and oxygen atoms in total. The van der Waals surface area contributed by atoms with Gasteiger partial charge in [0, 0.05) is 25.7 Å². The van der Waals surface area contributed by atoms with Gasteiger partial charge in [0.05, 0.1) is 20.6 Å². The van der Waals surface area contributed by atoms with E-state index in [1.54, 1.807) is 0 Å². The number of aliphatic hydroxyl groups is 8. The Balaban J connectivity index is 1.16. The van der Waals surface area contributed by atoms with Crippen LogP contribution in [0.4, 0.5) is 0 Å². The Hall–Kier alpha value is -5.66. The highest BCUT2D eigenvalue weighted by Gasteiger charge is 2.44. The molecule has 4 rings (SSSR count). The number of ketones is 2. The molecule has 22 heteroatoms. The van der Waals surface area contributed by atoms with E-state index in [0.29, 0.717) is 11.1 Å². The minimum Gasteiger partial charge on any atom is -0.493 e. The molecule has 0 saturated carbocycles. The van der Waals surface area contributed by atoms with Crippen LogP contribution in [0.5, 0.6) is 23.0 Å². The zero-order valence-corrected chi connectivity index (χ0v) is 35.2. The molecule has 356 valence electrons. The fourth-order valence-electron chi connectivity index (χ4n) is 6.15. The lowest BCUT2D eigenvalue weighted by molar-refractivity contribution is -0.287. The molecular weight excluding hydrogens is 868 g/mol. The molecule has 2 aliphatic rings. The van der Waals surface area contributed by atoms with Crippen molar-refractivity contribution in [1.29, 1.82) is 0 Å². The van der Waals surface area contributed by atoms with Crippen molar-refractivity contribution in [2.45, 2.75) is 106 Å². The van der Waals surface area contributed by atoms with Crippen LogP contribution in [0.3, 0.4) is 0 Å². The molecule has 10 atom stereocenters. The number of carbonyl (C=O) groups is 6. The molecule has 0 amide bonds. The standard InChI is InChI=1S/C43H52O22/c1-58-28-17-22(11-15-26(28)62-34(48)7-3-5-32(46)60-20-30-36(50)38(52)40(54)42(56)64-30)9-13-24(44)19-25(45)14-10-23-12-16-27(29(18-23)59-2)63-35(49)8-4-6-33(47)61-21-31-37(51)39(53)41(55)43(57)65-31/h9-18,30-31,36-43,50-57H,3-8,19-21H2,1-2H3/t30-,31-,36+,37+,38+,39+,40-,41-,42+,43+/m1/s1. The lowest BCUT2D eigenvalue weighted by atomic mass is 9.99. The molecule has 0 spiro atoms. The third-order valence-corrected chi connectivity index (χ3v) is 9.81. The summed E-state index contributed by atoms with van der Waals surface area (Å²) in [7, 11) is 2.67. The largest absolute Gasteiger partial charge is 0.493 e. The van der Waals surface area contributed by atoms with Crippen LogP contribution in [0.25, 0.3) is 12.2 Å². The minimum atomic E-state index is -1.78. The molecule has 8 N–H and O–H groups in total. The maximum atomic E-state index is 12.6. The van der Waals surface area contributed by atoms with E-state index >= 15 is 0 Å². The second-order valence-corrected chi connectivity index (χ2v) is 14.7. The second-order valence-electron chi connectivity index (χ2n) is 14.7. The zero-order valence-electron chi connectivity index (χ0n) is 35.2. The van der Waals surface area contributed by atoms with Crippen molar-refractivity contribution < 1.29 is 108 Å². The van der Waals surface area contributed by atoms with Crippen LogP contribution in [0.2, 0.25) is 0 Å². The number of methoxy groups -OCH3 is 2. The van der Waals surface area contributed by atoms with Gasteiger partial charge in [0.2, 0.25) is 0 Å². The maximum Gasteiger partial charge on any atom is 0.311 e. The van der Waals surface area contributed by atoms with Crippen molar-refractivity contribution in [3.63, 3.8) is 0 Å². The molecule has 65 heavy (non-hydrogen) atoms. The van der Waals surface area contributed by atoms with Gasteiger partial charge in [0.1, 0.15) is 62.0 Å². The highest BCUT2D eigenvalue weighted by molar-refractivity contribution is 6.11. The summed E-state index contributed by atoms with van der Waals surface area (Å²) >= 11 is 0. The minimum absolute atomic E-state index is 0.0304. The monoisotopic (exact) mass is 920 g/mol. The Morgan fingerprint density at radius 1 is 0.508 bits per heavy atom. The SMILES string of the molecule is COc1cc(C=CC(=O)CC(=O)C=Cc2ccc(OC(=O)CCCC(=O)OC[C@H]3O[C@H](O)[C@H](O)[C@@H](O)[C@H]3O)c(OC)c2)ccc1OC(=O)CCCC(=O)OC[C@H]1O[C@H](O)[C@H](O)[C@@H](O)[C@H]1O. The van der Waals surface area contributed by atoms with E-state index < -0.39 is 116 Å². The lowest BCUT2D eigenvalue weighted by Crippen LogP contribution is -2.58. The summed E-state index contributed by atoms with van der Waals surface area (Å²) in [5.41, 5.74) is 0.957. The summed E-state index contributed by atoms with van der Waals surface area (Å²) in [6.45, 7) is -1.03. The van der Waals surface area contributed by atoms with E-state index in [2.05, 4.69) is 0 Å². The summed E-state index contributed by atoms with van der Waals surface area (Å²) < 4.78 is 41.2. The van der Waals surface area contributed by atoms with Gasteiger partial charge >= 0.3 is 23.9 Å². The predicted molar refractivity (Wildman–Crippen MR) is 217 cm³/mol. The van der Waals surface area contributed by atoms with Gasteiger partial charge in [-0.25, -0.2) is 0 Å². The number of ether oxygens (including phenoxy) is 8. The molecule has 0 bridgehead atoms. The number of esters is 4. The molecule has 0 aromatic heterocycles. The van der Waals surface area contributed by atoms with Gasteiger partial charge in [0.15, 0.2) is 47.1 Å². The normalized spacial score (nSPS) is 25.4. The van der Waals surface area contributed by atoms with E-state index in [9.17, 15) is 69.6 Å². The van der Waals surface area contributed by atoms with Gasteiger partial charge in [-0.15, -0.1) is 0 Å². The molecule has 0 aliphatic carbocycles. The first-order chi connectivity index (χ1) is 30.9. The Kier molecular flexibility index (Phi) is 20.1. The summed E-state index contributed by atoms with van der Waals surface area (Å²) in [4.78, 5) is 74.3. The molecule has 2 saturated heterocycles. The van der Waals surface area contributed by atoms with Gasteiger partial charge in [-0.1, -0.05) is 24.3 Å². The first-order valence-corrected chi connectivity index (χ1v) is 20.2. The Bertz CT molecular complexity index is 1890. The van der Waals surface area contributed by atoms with Gasteiger partial charge < -0.3 is 78.7 Å². The Morgan fingerprint density at radius 3 is 1.25 bits per heavy atom. The topological polar surface area (TPSA) is 338 Å². The quantitative estimate of drug-likeness (QED) is 0.0297. The van der Waals surface area contributed by atoms with E-state index in [1.807, 2.05) is 0 Å². The fourth-order valence-corrected chi connectivity index (χ4v) is 6.15. The third-order valence-electron chi connectivity index (χ3n) is 9.81. The van der Waals surface area contributed by atoms with E-state index in [0.717, 1.165) is 0 Å². The van der Waals surface area contributed by atoms with Crippen LogP contribution in [0.15, 0.2) is 48.6 Å². The first-order valence-electron chi connectivity index (χ1n) is 20.2. The van der Waals surface area contributed by atoms with Crippen molar-refractivity contribution >= 4 is 47.6 Å². The van der Waals surface area contributed by atoms with Crippen LogP contribution in [-0.4, -0.2) is 165 Å². The number of carbonyl (C=O) groups excluding carboxylic acids is 6. The van der Waals surface area contributed by atoms with Crippen LogP contribution in [0, 0.1) is 0 Å². The molecule has 2 aliphatic heterocycles. The summed E-state index contributed by atoms with van der Waals surface area (Å²) in [5, 5.41) is 77.6. The summed E-state index contributed by atoms with van der Waals surface area (Å²) in [6, 6.07) is 8.90. The average Bonchev–Trinajstić information content (AvgIpc) is 3.28. The summed E-state index contributed by atoms with van der Waals surface area (Å²) in [5.74, 6) is -3.51. The highest BCUT2D eigenvalue weighted by atomic mass is 16.7. The first kappa shape index (κ1) is 52.0. The second kappa shape index (κ2) is 25.1. The number of hydrogen-bond donors (Lipinski definition) is 8. The molecule has 2 fully saturated rings. The van der Waals surface area contributed by atoms with Gasteiger partial charge in [-0.2, -0.15) is 0 Å². The van der Waals surface area contributed by atoms with Crippen molar-refractivity contribution in [1.82, 2.24) is 0 Å². The Labute approximate surface area is 371 Å². The van der Waals surface area contributed by atoms with Crippen LogP contribution in [0.1, 0.15) is 56.1 Å². The van der Waals surface area contributed by atoms with Crippen LogP contribution >= 0.6 is 0 Å².